The quantitative estimate of drug-likeness (QED) is 0.559. The molecule has 0 spiro atoms. The SMILES string of the molecule is CC(C(=O)O)=C(C)C(=O)NCCOCC(F)(F)F. The molecule has 104 valence electrons. The second-order valence-corrected chi connectivity index (χ2v) is 3.48. The molecule has 0 rings (SSSR count). The number of carboxylic acids is 1. The number of carboxylic acid groups (broad SMARTS) is 1. The minimum atomic E-state index is -4.40. The molecule has 0 heterocycles. The van der Waals surface area contributed by atoms with Gasteiger partial charge in [-0.1, -0.05) is 0 Å². The van der Waals surface area contributed by atoms with E-state index in [1.807, 2.05) is 0 Å². The summed E-state index contributed by atoms with van der Waals surface area (Å²) in [4.78, 5) is 21.9. The van der Waals surface area contributed by atoms with Gasteiger partial charge in [-0.3, -0.25) is 4.79 Å². The molecule has 0 bridgehead atoms. The van der Waals surface area contributed by atoms with E-state index in [-0.39, 0.29) is 24.3 Å². The van der Waals surface area contributed by atoms with Gasteiger partial charge in [-0.25, -0.2) is 4.79 Å². The maximum atomic E-state index is 11.7. The van der Waals surface area contributed by atoms with Gasteiger partial charge in [0, 0.05) is 17.7 Å². The molecule has 1 amide bonds. The minimum Gasteiger partial charge on any atom is -0.478 e. The third-order valence-corrected chi connectivity index (χ3v) is 2.02. The molecule has 0 aliphatic carbocycles. The molecule has 0 aliphatic heterocycles. The summed E-state index contributed by atoms with van der Waals surface area (Å²) in [6, 6.07) is 0. The van der Waals surface area contributed by atoms with Crippen molar-refractivity contribution in [2.45, 2.75) is 20.0 Å². The van der Waals surface area contributed by atoms with Crippen LogP contribution in [0.3, 0.4) is 0 Å². The Hall–Kier alpha value is -1.57. The second kappa shape index (κ2) is 7.00. The van der Waals surface area contributed by atoms with Crippen LogP contribution in [0.2, 0.25) is 0 Å². The van der Waals surface area contributed by atoms with Crippen molar-refractivity contribution >= 4 is 11.9 Å². The molecule has 0 radical (unpaired) electrons. The first-order valence-corrected chi connectivity index (χ1v) is 4.98. The van der Waals surface area contributed by atoms with Gasteiger partial charge in [-0.15, -0.1) is 0 Å². The average Bonchev–Trinajstić information content (AvgIpc) is 2.24. The number of carbonyl (C=O) groups excluding carboxylic acids is 1. The Morgan fingerprint density at radius 2 is 1.78 bits per heavy atom. The molecule has 0 aliphatic rings. The summed E-state index contributed by atoms with van der Waals surface area (Å²) in [7, 11) is 0. The monoisotopic (exact) mass is 269 g/mol. The Kier molecular flexibility index (Phi) is 6.39. The van der Waals surface area contributed by atoms with E-state index in [4.69, 9.17) is 5.11 Å². The van der Waals surface area contributed by atoms with Crippen LogP contribution in [0, 0.1) is 0 Å². The van der Waals surface area contributed by atoms with Gasteiger partial charge in [0.15, 0.2) is 0 Å². The molecule has 0 aromatic heterocycles. The van der Waals surface area contributed by atoms with Crippen molar-refractivity contribution in [3.63, 3.8) is 0 Å². The van der Waals surface area contributed by atoms with Crippen LogP contribution >= 0.6 is 0 Å². The number of rotatable bonds is 6. The fraction of sp³-hybridized carbons (Fsp3) is 0.600. The summed E-state index contributed by atoms with van der Waals surface area (Å²) in [6.45, 7) is 0.766. The first kappa shape index (κ1) is 16.4. The molecule has 0 atom stereocenters. The van der Waals surface area contributed by atoms with Crippen molar-refractivity contribution < 1.29 is 32.6 Å². The van der Waals surface area contributed by atoms with Gasteiger partial charge in [0.2, 0.25) is 5.91 Å². The Morgan fingerprint density at radius 3 is 2.22 bits per heavy atom. The molecule has 18 heavy (non-hydrogen) atoms. The fourth-order valence-electron chi connectivity index (χ4n) is 0.888. The first-order chi connectivity index (χ1) is 8.15. The zero-order valence-electron chi connectivity index (χ0n) is 9.93. The number of nitrogens with one attached hydrogen (secondary N) is 1. The highest BCUT2D eigenvalue weighted by molar-refractivity contribution is 6.01. The summed E-state index contributed by atoms with van der Waals surface area (Å²) < 4.78 is 39.3. The van der Waals surface area contributed by atoms with Crippen LogP contribution < -0.4 is 5.32 Å². The summed E-state index contributed by atoms with van der Waals surface area (Å²) in [5.41, 5.74) is -0.123. The van der Waals surface area contributed by atoms with E-state index in [2.05, 4.69) is 10.1 Å². The zero-order valence-corrected chi connectivity index (χ0v) is 9.93. The Labute approximate surface area is 102 Å². The van der Waals surface area contributed by atoms with E-state index in [9.17, 15) is 22.8 Å². The summed E-state index contributed by atoms with van der Waals surface area (Å²) in [5, 5.41) is 10.9. The van der Waals surface area contributed by atoms with Gasteiger partial charge < -0.3 is 15.2 Å². The number of ether oxygens (including phenoxy) is 1. The van der Waals surface area contributed by atoms with Crippen LogP contribution in [0.5, 0.6) is 0 Å². The van der Waals surface area contributed by atoms with Crippen LogP contribution in [-0.2, 0) is 14.3 Å². The number of carbonyl (C=O) groups is 2. The molecule has 0 aromatic carbocycles. The Balaban J connectivity index is 3.99. The zero-order chi connectivity index (χ0) is 14.3. The van der Waals surface area contributed by atoms with Crippen molar-refractivity contribution in [3.8, 4) is 0 Å². The first-order valence-electron chi connectivity index (χ1n) is 4.98. The molecule has 2 N–H and O–H groups in total. The van der Waals surface area contributed by atoms with Crippen molar-refractivity contribution in [3.05, 3.63) is 11.1 Å². The van der Waals surface area contributed by atoms with E-state index >= 15 is 0 Å². The molecule has 0 fully saturated rings. The Bertz CT molecular complexity index is 350. The lowest BCUT2D eigenvalue weighted by molar-refractivity contribution is -0.173. The number of alkyl halides is 3. The smallest absolute Gasteiger partial charge is 0.411 e. The van der Waals surface area contributed by atoms with Gasteiger partial charge in [-0.2, -0.15) is 13.2 Å². The lowest BCUT2D eigenvalue weighted by Gasteiger charge is -2.09. The van der Waals surface area contributed by atoms with Crippen LogP contribution in [0.1, 0.15) is 13.8 Å². The molecule has 8 heteroatoms. The summed E-state index contributed by atoms with van der Waals surface area (Å²) in [6.07, 6.45) is -4.40. The number of hydrogen-bond donors (Lipinski definition) is 2. The molecule has 0 unspecified atom stereocenters. The van der Waals surface area contributed by atoms with Gasteiger partial charge in [0.05, 0.1) is 6.61 Å². The predicted octanol–water partition coefficient (Wildman–Crippen LogP) is 1.10. The van der Waals surface area contributed by atoms with E-state index in [0.717, 1.165) is 0 Å². The summed E-state index contributed by atoms with van der Waals surface area (Å²) >= 11 is 0. The van der Waals surface area contributed by atoms with E-state index in [1.165, 1.54) is 13.8 Å². The number of aliphatic carboxylic acids is 1. The number of hydrogen-bond acceptors (Lipinski definition) is 3. The third-order valence-electron chi connectivity index (χ3n) is 2.02. The molecular formula is C10H14F3NO4. The lowest BCUT2D eigenvalue weighted by atomic mass is 10.1. The van der Waals surface area contributed by atoms with Crippen molar-refractivity contribution in [2.75, 3.05) is 19.8 Å². The predicted molar refractivity (Wildman–Crippen MR) is 55.9 cm³/mol. The lowest BCUT2D eigenvalue weighted by Crippen LogP contribution is -2.30. The molecule has 5 nitrogen and oxygen atoms in total. The highest BCUT2D eigenvalue weighted by Gasteiger charge is 2.27. The van der Waals surface area contributed by atoms with Crippen LogP contribution in [-0.4, -0.2) is 42.9 Å². The van der Waals surface area contributed by atoms with Crippen LogP contribution in [0.25, 0.3) is 0 Å². The standard InChI is InChI=1S/C10H14F3NO4/c1-6(7(2)9(16)17)8(15)14-3-4-18-5-10(11,12)13/h3-5H2,1-2H3,(H,14,15)(H,16,17). The highest BCUT2D eigenvalue weighted by Crippen LogP contribution is 2.13. The van der Waals surface area contributed by atoms with Gasteiger partial charge >= 0.3 is 12.1 Å². The molecular weight excluding hydrogens is 255 g/mol. The number of halogens is 3. The molecule has 0 saturated carbocycles. The minimum absolute atomic E-state index is 0.00155. The number of amides is 1. The maximum absolute atomic E-state index is 11.7. The van der Waals surface area contributed by atoms with Crippen LogP contribution in [0.15, 0.2) is 11.1 Å². The van der Waals surface area contributed by atoms with Gasteiger partial charge in [0.25, 0.3) is 0 Å². The van der Waals surface area contributed by atoms with Crippen molar-refractivity contribution in [2.24, 2.45) is 0 Å². The highest BCUT2D eigenvalue weighted by atomic mass is 19.4. The average molecular weight is 269 g/mol. The topological polar surface area (TPSA) is 75.6 Å². The second-order valence-electron chi connectivity index (χ2n) is 3.48. The van der Waals surface area contributed by atoms with Gasteiger partial charge in [-0.05, 0) is 13.8 Å². The van der Waals surface area contributed by atoms with E-state index in [1.54, 1.807) is 0 Å². The van der Waals surface area contributed by atoms with Crippen molar-refractivity contribution in [1.29, 1.82) is 0 Å². The fourth-order valence-corrected chi connectivity index (χ4v) is 0.888. The van der Waals surface area contributed by atoms with E-state index < -0.39 is 24.7 Å². The summed E-state index contributed by atoms with van der Waals surface area (Å²) in [5.74, 6) is -1.87. The normalized spacial score (nSPS) is 12.9. The van der Waals surface area contributed by atoms with Crippen molar-refractivity contribution in [1.82, 2.24) is 5.32 Å². The largest absolute Gasteiger partial charge is 0.478 e. The van der Waals surface area contributed by atoms with Gasteiger partial charge in [0.1, 0.15) is 6.61 Å². The molecule has 0 saturated heterocycles. The van der Waals surface area contributed by atoms with Crippen LogP contribution in [0.4, 0.5) is 13.2 Å². The van der Waals surface area contributed by atoms with E-state index in [0.29, 0.717) is 0 Å². The Morgan fingerprint density at radius 1 is 1.22 bits per heavy atom. The molecule has 0 aromatic rings. The maximum Gasteiger partial charge on any atom is 0.411 e. The third kappa shape index (κ3) is 6.89.